The molecular weight excluding hydrogens is 574 g/mol. The van der Waals surface area contributed by atoms with Crippen LogP contribution in [-0.2, 0) is 25.2 Å². The number of ether oxygens (including phenoxy) is 1. The lowest BCUT2D eigenvalue weighted by Gasteiger charge is -2.42. The molecule has 1 aliphatic heterocycles. The Kier molecular flexibility index (Phi) is 8.68. The van der Waals surface area contributed by atoms with Crippen LogP contribution in [0.5, 0.6) is 5.88 Å². The smallest absolute Gasteiger partial charge is 0.416 e. The maximum absolute atomic E-state index is 13.7. The van der Waals surface area contributed by atoms with Crippen LogP contribution >= 0.6 is 0 Å². The number of amides is 1. The number of nitrogens with zero attached hydrogens (tertiary/aromatic N) is 3. The van der Waals surface area contributed by atoms with E-state index in [9.17, 15) is 31.1 Å². The van der Waals surface area contributed by atoms with Crippen LogP contribution in [0.15, 0.2) is 67.0 Å². The highest BCUT2D eigenvalue weighted by Gasteiger charge is 2.39. The van der Waals surface area contributed by atoms with E-state index in [1.54, 1.807) is 13.3 Å². The van der Waals surface area contributed by atoms with E-state index in [2.05, 4.69) is 14.9 Å². The second-order valence-corrected chi connectivity index (χ2v) is 10.6. The molecule has 1 N–H and O–H groups in total. The van der Waals surface area contributed by atoms with E-state index in [4.69, 9.17) is 4.74 Å². The van der Waals surface area contributed by atoms with Gasteiger partial charge in [0, 0.05) is 60.1 Å². The van der Waals surface area contributed by atoms with Gasteiger partial charge in [-0.2, -0.15) is 26.3 Å². The predicted molar refractivity (Wildman–Crippen MR) is 149 cm³/mol. The van der Waals surface area contributed by atoms with Gasteiger partial charge in [0.05, 0.1) is 18.2 Å². The third kappa shape index (κ3) is 6.96. The van der Waals surface area contributed by atoms with Gasteiger partial charge in [-0.3, -0.25) is 9.69 Å². The van der Waals surface area contributed by atoms with Crippen molar-refractivity contribution in [1.29, 1.82) is 0 Å². The van der Waals surface area contributed by atoms with Gasteiger partial charge in [-0.25, -0.2) is 4.98 Å². The summed E-state index contributed by atoms with van der Waals surface area (Å²) in [5.74, 6) is -0.310. The highest BCUT2D eigenvalue weighted by atomic mass is 19.4. The highest BCUT2D eigenvalue weighted by molar-refractivity contribution is 5.95. The first-order valence-electron chi connectivity index (χ1n) is 13.8. The van der Waals surface area contributed by atoms with Gasteiger partial charge < -0.3 is 14.6 Å². The molecule has 1 aliphatic rings. The molecule has 1 saturated heterocycles. The third-order valence-electron chi connectivity index (χ3n) is 7.76. The summed E-state index contributed by atoms with van der Waals surface area (Å²) in [7, 11) is 1.56. The molecule has 1 amide bonds. The number of carbonyl (C=O) groups is 1. The van der Waals surface area contributed by atoms with Crippen molar-refractivity contribution in [2.24, 2.45) is 0 Å². The van der Waals surface area contributed by atoms with Crippen molar-refractivity contribution in [3.05, 3.63) is 94.8 Å². The monoisotopic (exact) mass is 604 g/mol. The van der Waals surface area contributed by atoms with Crippen LogP contribution in [0.2, 0.25) is 0 Å². The first-order chi connectivity index (χ1) is 20.4. The SMILES string of the molecule is COc1ncccc1CCCN1CCN(C(=O)c2cc(C(F)(F)F)cc(C(F)(F)F)c2)[C@H](Cc2c[nH]c3ccccc23)C1. The van der Waals surface area contributed by atoms with Gasteiger partial charge in [0.25, 0.3) is 5.91 Å². The Balaban J connectivity index is 1.40. The summed E-state index contributed by atoms with van der Waals surface area (Å²) in [4.78, 5) is 24.7. The number of fused-ring (bicyclic) bond motifs is 1. The lowest BCUT2D eigenvalue weighted by molar-refractivity contribution is -0.143. The van der Waals surface area contributed by atoms with Gasteiger partial charge >= 0.3 is 12.4 Å². The zero-order valence-electron chi connectivity index (χ0n) is 23.3. The number of hydrogen-bond donors (Lipinski definition) is 1. The molecular formula is C31H30F6N4O2. The molecule has 6 nitrogen and oxygen atoms in total. The maximum atomic E-state index is 13.7. The molecule has 0 radical (unpaired) electrons. The summed E-state index contributed by atoms with van der Waals surface area (Å²) in [6.07, 6.45) is -4.78. The number of alkyl halides is 6. The average Bonchev–Trinajstić information content (AvgIpc) is 3.39. The number of nitrogens with one attached hydrogen (secondary N) is 1. The van der Waals surface area contributed by atoms with E-state index in [0.29, 0.717) is 50.5 Å². The number of aryl methyl sites for hydroxylation is 1. The molecule has 4 aromatic rings. The minimum absolute atomic E-state index is 0.0371. The molecule has 3 heterocycles. The van der Waals surface area contributed by atoms with Crippen molar-refractivity contribution < 1.29 is 35.9 Å². The number of hydrogen-bond acceptors (Lipinski definition) is 4. The quantitative estimate of drug-likeness (QED) is 0.230. The van der Waals surface area contributed by atoms with E-state index in [1.165, 1.54) is 4.90 Å². The van der Waals surface area contributed by atoms with Crippen molar-refractivity contribution in [2.45, 2.75) is 37.7 Å². The molecule has 0 unspecified atom stereocenters. The number of carbonyl (C=O) groups excluding carboxylic acids is 1. The molecule has 1 atom stereocenters. The maximum Gasteiger partial charge on any atom is 0.416 e. The van der Waals surface area contributed by atoms with Crippen LogP contribution in [0, 0.1) is 0 Å². The molecule has 2 aromatic carbocycles. The highest BCUT2D eigenvalue weighted by Crippen LogP contribution is 2.37. The number of piperazine rings is 1. The number of rotatable bonds is 8. The number of methoxy groups -OCH3 is 1. The zero-order chi connectivity index (χ0) is 30.8. The van der Waals surface area contributed by atoms with Crippen molar-refractivity contribution >= 4 is 16.8 Å². The van der Waals surface area contributed by atoms with Crippen LogP contribution in [0.25, 0.3) is 10.9 Å². The number of benzene rings is 2. The molecule has 0 spiro atoms. The topological polar surface area (TPSA) is 61.5 Å². The van der Waals surface area contributed by atoms with E-state index in [0.717, 1.165) is 28.5 Å². The molecule has 12 heteroatoms. The number of pyridine rings is 1. The molecule has 43 heavy (non-hydrogen) atoms. The van der Waals surface area contributed by atoms with Crippen LogP contribution in [-0.4, -0.2) is 65.0 Å². The second kappa shape index (κ2) is 12.3. The molecule has 0 saturated carbocycles. The van der Waals surface area contributed by atoms with Crippen molar-refractivity contribution in [3.8, 4) is 5.88 Å². The minimum Gasteiger partial charge on any atom is -0.481 e. The van der Waals surface area contributed by atoms with Crippen molar-refractivity contribution in [2.75, 3.05) is 33.3 Å². The van der Waals surface area contributed by atoms with Crippen LogP contribution in [0.4, 0.5) is 26.3 Å². The third-order valence-corrected chi connectivity index (χ3v) is 7.76. The fourth-order valence-corrected chi connectivity index (χ4v) is 5.65. The van der Waals surface area contributed by atoms with Gasteiger partial charge in [0.1, 0.15) is 0 Å². The Morgan fingerprint density at radius 1 is 0.977 bits per heavy atom. The molecule has 0 aliphatic carbocycles. The van der Waals surface area contributed by atoms with E-state index >= 15 is 0 Å². The number of para-hydroxylation sites is 1. The summed E-state index contributed by atoms with van der Waals surface area (Å²) >= 11 is 0. The van der Waals surface area contributed by atoms with Crippen molar-refractivity contribution in [1.82, 2.24) is 19.8 Å². The lowest BCUT2D eigenvalue weighted by atomic mass is 9.98. The number of aromatic nitrogens is 2. The zero-order valence-corrected chi connectivity index (χ0v) is 23.3. The molecule has 2 aromatic heterocycles. The van der Waals surface area contributed by atoms with Gasteiger partial charge in [0.2, 0.25) is 5.88 Å². The van der Waals surface area contributed by atoms with Crippen LogP contribution in [0.1, 0.15) is 39.0 Å². The second-order valence-electron chi connectivity index (χ2n) is 10.6. The molecule has 228 valence electrons. The van der Waals surface area contributed by atoms with Crippen molar-refractivity contribution in [3.63, 3.8) is 0 Å². The summed E-state index contributed by atoms with van der Waals surface area (Å²) in [5, 5.41) is 0.939. The lowest BCUT2D eigenvalue weighted by Crippen LogP contribution is -2.56. The Labute approximate surface area is 244 Å². The Morgan fingerprint density at radius 3 is 2.40 bits per heavy atom. The van der Waals surface area contributed by atoms with E-state index in [1.807, 2.05) is 42.6 Å². The van der Waals surface area contributed by atoms with Gasteiger partial charge in [0.15, 0.2) is 0 Å². The molecule has 1 fully saturated rings. The standard InChI is InChI=1S/C31H30F6N4O2/c1-43-28-20(6-4-10-38-28)7-5-11-40-12-13-41(25(19-40)16-22-18-39-27-9-3-2-8-26(22)27)29(42)21-14-23(30(32,33)34)17-24(15-21)31(35,36)37/h2-4,6,8-10,14-15,17-18,25,39H,5,7,11-13,16,19H2,1H3/t25-/m1/s1. The van der Waals surface area contributed by atoms with E-state index < -0.39 is 41.0 Å². The number of aromatic amines is 1. The average molecular weight is 605 g/mol. The van der Waals surface area contributed by atoms with Crippen LogP contribution in [0.3, 0.4) is 0 Å². The minimum atomic E-state index is -5.05. The summed E-state index contributed by atoms with van der Waals surface area (Å²) in [5.41, 5.74) is -0.907. The Morgan fingerprint density at radius 2 is 1.70 bits per heavy atom. The van der Waals surface area contributed by atoms with Crippen LogP contribution < -0.4 is 4.74 Å². The summed E-state index contributed by atoms with van der Waals surface area (Å²) in [6.45, 7) is 1.65. The fraction of sp³-hybridized carbons (Fsp3) is 0.355. The van der Waals surface area contributed by atoms with Gasteiger partial charge in [-0.05, 0) is 61.7 Å². The largest absolute Gasteiger partial charge is 0.481 e. The first kappa shape index (κ1) is 30.4. The first-order valence-corrected chi connectivity index (χ1v) is 13.8. The van der Waals surface area contributed by atoms with Gasteiger partial charge in [-0.1, -0.05) is 24.3 Å². The molecule has 0 bridgehead atoms. The Hall–Kier alpha value is -4.06. The van der Waals surface area contributed by atoms with Gasteiger partial charge in [-0.15, -0.1) is 0 Å². The number of halogens is 6. The summed E-state index contributed by atoms with van der Waals surface area (Å²) < 4.78 is 86.6. The van der Waals surface area contributed by atoms with E-state index in [-0.39, 0.29) is 12.6 Å². The summed E-state index contributed by atoms with van der Waals surface area (Å²) in [6, 6.07) is 11.9. The Bertz CT molecular complexity index is 1550. The fourth-order valence-electron chi connectivity index (χ4n) is 5.65. The predicted octanol–water partition coefficient (Wildman–Crippen LogP) is 6.61. The molecule has 5 rings (SSSR count). The normalized spacial score (nSPS) is 16.5. The number of H-pyrrole nitrogens is 1.